The van der Waals surface area contributed by atoms with Gasteiger partial charge in [-0.1, -0.05) is 30.3 Å². The van der Waals surface area contributed by atoms with E-state index >= 15 is 0 Å². The van der Waals surface area contributed by atoms with Crippen LogP contribution in [0.4, 0.5) is 0 Å². The molecule has 1 saturated heterocycles. The van der Waals surface area contributed by atoms with Gasteiger partial charge < -0.3 is 28.9 Å². The third-order valence-corrected chi connectivity index (χ3v) is 5.81. The van der Waals surface area contributed by atoms with Crippen LogP contribution in [0, 0.1) is 6.92 Å². The van der Waals surface area contributed by atoms with Crippen molar-refractivity contribution < 1.29 is 28.9 Å². The van der Waals surface area contributed by atoms with E-state index in [0.29, 0.717) is 17.5 Å². The predicted octanol–water partition coefficient (Wildman–Crippen LogP) is 3.52. The smallest absolute Gasteiger partial charge is 0.283 e. The van der Waals surface area contributed by atoms with Crippen molar-refractivity contribution in [3.05, 3.63) is 72.0 Å². The first-order valence-corrected chi connectivity index (χ1v) is 10.8. The van der Waals surface area contributed by atoms with E-state index in [0.717, 1.165) is 28.0 Å². The van der Waals surface area contributed by atoms with Crippen LogP contribution in [-0.2, 0) is 4.74 Å². The molecule has 4 aromatic rings. The Morgan fingerprint density at radius 1 is 0.879 bits per heavy atom. The molecule has 3 heterocycles. The van der Waals surface area contributed by atoms with Gasteiger partial charge in [-0.05, 0) is 53.9 Å². The van der Waals surface area contributed by atoms with E-state index in [2.05, 4.69) is 10.2 Å². The zero-order valence-corrected chi connectivity index (χ0v) is 18.0. The maximum atomic E-state index is 10.4. The second kappa shape index (κ2) is 8.92. The van der Waals surface area contributed by atoms with Gasteiger partial charge >= 0.3 is 0 Å². The molecule has 5 rings (SSSR count). The van der Waals surface area contributed by atoms with Crippen LogP contribution in [0.15, 0.2) is 69.5 Å². The van der Waals surface area contributed by atoms with Crippen LogP contribution in [0.1, 0.15) is 23.8 Å². The third kappa shape index (κ3) is 4.34. The lowest BCUT2D eigenvalue weighted by Gasteiger charge is -2.37. The zero-order valence-electron chi connectivity index (χ0n) is 18.0. The van der Waals surface area contributed by atoms with Crippen LogP contribution in [0.5, 0.6) is 0 Å². The van der Waals surface area contributed by atoms with E-state index in [9.17, 15) is 15.3 Å². The number of nitrogens with zero attached hydrogens (tertiary/aromatic N) is 2. The van der Waals surface area contributed by atoms with E-state index < -0.39 is 24.4 Å². The second-order valence-corrected chi connectivity index (χ2v) is 8.18. The molecule has 4 atom stereocenters. The highest BCUT2D eigenvalue weighted by Crippen LogP contribution is 2.34. The summed E-state index contributed by atoms with van der Waals surface area (Å²) in [5.41, 5.74) is 3.38. The molecule has 33 heavy (non-hydrogen) atoms. The minimum atomic E-state index is -1.06. The van der Waals surface area contributed by atoms with Gasteiger partial charge in [0.25, 0.3) is 5.89 Å². The van der Waals surface area contributed by atoms with Gasteiger partial charge in [0, 0.05) is 12.0 Å². The van der Waals surface area contributed by atoms with Gasteiger partial charge in [-0.15, -0.1) is 10.2 Å². The molecule has 0 aliphatic carbocycles. The average molecular weight is 448 g/mol. The average Bonchev–Trinajstić information content (AvgIpc) is 3.50. The van der Waals surface area contributed by atoms with E-state index in [4.69, 9.17) is 13.6 Å². The fraction of sp³-hybridized carbons (Fsp3) is 0.280. The molecular formula is C25H24N2O6. The van der Waals surface area contributed by atoms with E-state index in [-0.39, 0.29) is 13.0 Å². The number of rotatable bonds is 5. The first-order chi connectivity index (χ1) is 16.0. The molecule has 2 aromatic carbocycles. The molecule has 1 fully saturated rings. The Kier molecular flexibility index (Phi) is 5.82. The standard InChI is InChI=1S/C25H24N2O6/c1-14-5-10-21(31-14)25-27-26-24(33-25)16-8-6-15(7-9-16)17-3-2-4-18(11-17)23-22(30)20(29)12-19(13-28)32-23/h2-11,19-20,22-23,28-30H,12-13H2,1H3. The van der Waals surface area contributed by atoms with Crippen molar-refractivity contribution in [2.45, 2.75) is 37.8 Å². The Hall–Kier alpha value is -3.30. The number of hydrogen-bond acceptors (Lipinski definition) is 8. The number of aliphatic hydroxyl groups excluding tert-OH is 3. The molecule has 170 valence electrons. The van der Waals surface area contributed by atoms with Crippen molar-refractivity contribution in [3.63, 3.8) is 0 Å². The van der Waals surface area contributed by atoms with Crippen molar-refractivity contribution in [1.82, 2.24) is 10.2 Å². The number of aliphatic hydroxyl groups is 3. The minimum absolute atomic E-state index is 0.201. The molecule has 0 radical (unpaired) electrons. The van der Waals surface area contributed by atoms with Crippen molar-refractivity contribution in [3.8, 4) is 34.2 Å². The summed E-state index contributed by atoms with van der Waals surface area (Å²) in [5.74, 6) is 2.01. The first-order valence-electron chi connectivity index (χ1n) is 10.8. The van der Waals surface area contributed by atoms with E-state index in [1.165, 1.54) is 0 Å². The summed E-state index contributed by atoms with van der Waals surface area (Å²) in [6.45, 7) is 1.64. The number of aromatic nitrogens is 2. The van der Waals surface area contributed by atoms with Crippen molar-refractivity contribution in [1.29, 1.82) is 0 Å². The molecule has 0 spiro atoms. The van der Waals surface area contributed by atoms with E-state index in [1.54, 1.807) is 6.07 Å². The van der Waals surface area contributed by atoms with Crippen LogP contribution in [0.3, 0.4) is 0 Å². The Bertz CT molecular complexity index is 1230. The van der Waals surface area contributed by atoms with Gasteiger partial charge in [0.2, 0.25) is 5.89 Å². The Labute approximate surface area is 190 Å². The first kappa shape index (κ1) is 21.5. The largest absolute Gasteiger partial charge is 0.456 e. The second-order valence-electron chi connectivity index (χ2n) is 8.18. The number of benzene rings is 2. The Balaban J connectivity index is 1.37. The van der Waals surface area contributed by atoms with Gasteiger partial charge in [-0.3, -0.25) is 0 Å². The lowest BCUT2D eigenvalue weighted by Crippen LogP contribution is -2.44. The van der Waals surface area contributed by atoms with Crippen molar-refractivity contribution >= 4 is 0 Å². The fourth-order valence-electron chi connectivity index (χ4n) is 4.04. The Morgan fingerprint density at radius 3 is 2.36 bits per heavy atom. The SMILES string of the molecule is Cc1ccc(-c2nnc(-c3ccc(-c4cccc(C5OC(CO)CC(O)C5O)c4)cc3)o2)o1. The highest BCUT2D eigenvalue weighted by molar-refractivity contribution is 5.68. The molecule has 0 bridgehead atoms. The summed E-state index contributed by atoms with van der Waals surface area (Å²) in [7, 11) is 0. The number of ether oxygens (including phenoxy) is 1. The minimum Gasteiger partial charge on any atom is -0.456 e. The topological polar surface area (TPSA) is 122 Å². The number of aryl methyl sites for hydroxylation is 1. The van der Waals surface area contributed by atoms with Crippen LogP contribution in [-0.4, -0.2) is 50.4 Å². The van der Waals surface area contributed by atoms with Gasteiger partial charge in [0.15, 0.2) is 5.76 Å². The maximum Gasteiger partial charge on any atom is 0.283 e. The summed E-state index contributed by atoms with van der Waals surface area (Å²) >= 11 is 0. The van der Waals surface area contributed by atoms with Crippen LogP contribution in [0.25, 0.3) is 34.2 Å². The lowest BCUT2D eigenvalue weighted by atomic mass is 9.91. The third-order valence-electron chi connectivity index (χ3n) is 5.81. The molecule has 4 unspecified atom stereocenters. The maximum absolute atomic E-state index is 10.4. The zero-order chi connectivity index (χ0) is 22.9. The molecule has 1 aliphatic heterocycles. The molecule has 8 nitrogen and oxygen atoms in total. The van der Waals surface area contributed by atoms with Gasteiger partial charge in [-0.2, -0.15) is 0 Å². The van der Waals surface area contributed by atoms with Crippen LogP contribution in [0.2, 0.25) is 0 Å². The van der Waals surface area contributed by atoms with Gasteiger partial charge in [0.05, 0.1) is 18.8 Å². The van der Waals surface area contributed by atoms with Crippen molar-refractivity contribution in [2.75, 3.05) is 6.61 Å². The highest BCUT2D eigenvalue weighted by Gasteiger charge is 2.37. The monoisotopic (exact) mass is 448 g/mol. The molecule has 0 amide bonds. The quantitative estimate of drug-likeness (QED) is 0.424. The summed E-state index contributed by atoms with van der Waals surface area (Å²) in [4.78, 5) is 0. The molecule has 3 N–H and O–H groups in total. The highest BCUT2D eigenvalue weighted by atomic mass is 16.5. The van der Waals surface area contributed by atoms with Crippen LogP contribution < -0.4 is 0 Å². The lowest BCUT2D eigenvalue weighted by molar-refractivity contribution is -0.179. The molecule has 0 saturated carbocycles. The number of furan rings is 1. The number of hydrogen-bond donors (Lipinski definition) is 3. The van der Waals surface area contributed by atoms with Crippen LogP contribution >= 0.6 is 0 Å². The molecule has 1 aliphatic rings. The van der Waals surface area contributed by atoms with Gasteiger partial charge in [-0.25, -0.2) is 0 Å². The van der Waals surface area contributed by atoms with Gasteiger partial charge in [0.1, 0.15) is 18.0 Å². The van der Waals surface area contributed by atoms with Crippen molar-refractivity contribution in [2.24, 2.45) is 0 Å². The molecule has 2 aromatic heterocycles. The molecule has 8 heteroatoms. The Morgan fingerprint density at radius 2 is 1.64 bits per heavy atom. The molecular weight excluding hydrogens is 424 g/mol. The predicted molar refractivity (Wildman–Crippen MR) is 119 cm³/mol. The normalized spacial score (nSPS) is 23.0. The summed E-state index contributed by atoms with van der Waals surface area (Å²) in [6, 6.07) is 18.9. The fourth-order valence-corrected chi connectivity index (χ4v) is 4.04. The summed E-state index contributed by atoms with van der Waals surface area (Å²) in [6.07, 6.45) is -3.04. The van der Waals surface area contributed by atoms with E-state index in [1.807, 2.05) is 61.5 Å². The summed E-state index contributed by atoms with van der Waals surface area (Å²) in [5, 5.41) is 38.2. The summed E-state index contributed by atoms with van der Waals surface area (Å²) < 4.78 is 17.1.